The Labute approximate surface area is 156 Å². The quantitative estimate of drug-likeness (QED) is 0.730. The molecule has 4 heterocycles. The number of aromatic carboxylic acids is 1. The monoisotopic (exact) mass is 367 g/mol. The zero-order valence-electron chi connectivity index (χ0n) is 15.1. The lowest BCUT2D eigenvalue weighted by Gasteiger charge is -2.33. The number of anilines is 1. The highest BCUT2D eigenvalue weighted by molar-refractivity contribution is 5.85. The first-order chi connectivity index (χ1) is 13.1. The van der Waals surface area contributed by atoms with E-state index < -0.39 is 5.97 Å². The number of imidazole rings is 1. The fourth-order valence-corrected chi connectivity index (χ4v) is 3.53. The van der Waals surface area contributed by atoms with Gasteiger partial charge in [0.05, 0.1) is 12.9 Å². The third kappa shape index (κ3) is 3.53. The van der Waals surface area contributed by atoms with Gasteiger partial charge in [-0.3, -0.25) is 0 Å². The number of piperidine rings is 1. The summed E-state index contributed by atoms with van der Waals surface area (Å²) < 4.78 is 4.01. The maximum atomic E-state index is 11.2. The predicted molar refractivity (Wildman–Crippen MR) is 97.7 cm³/mol. The number of rotatable bonds is 5. The van der Waals surface area contributed by atoms with Gasteiger partial charge >= 0.3 is 5.97 Å². The number of pyridine rings is 1. The Kier molecular flexibility index (Phi) is 4.57. The molecule has 0 saturated carbocycles. The third-order valence-electron chi connectivity index (χ3n) is 4.95. The van der Waals surface area contributed by atoms with Crippen LogP contribution in [-0.4, -0.2) is 53.5 Å². The van der Waals surface area contributed by atoms with Crippen LogP contribution in [0.4, 0.5) is 5.82 Å². The van der Waals surface area contributed by atoms with Crippen LogP contribution < -0.4 is 4.90 Å². The average molecular weight is 367 g/mol. The van der Waals surface area contributed by atoms with Crippen molar-refractivity contribution >= 4 is 11.8 Å². The van der Waals surface area contributed by atoms with Gasteiger partial charge in [0, 0.05) is 38.4 Å². The molecule has 1 aliphatic heterocycles. The van der Waals surface area contributed by atoms with Crippen molar-refractivity contribution in [1.29, 1.82) is 0 Å². The molecule has 1 N–H and O–H groups in total. The van der Waals surface area contributed by atoms with Gasteiger partial charge in [0.1, 0.15) is 11.6 Å². The minimum absolute atomic E-state index is 0.0656. The molecular formula is C18H21N7O2. The topological polar surface area (TPSA) is 102 Å². The van der Waals surface area contributed by atoms with E-state index in [0.717, 1.165) is 37.6 Å². The van der Waals surface area contributed by atoms with Gasteiger partial charge < -0.3 is 19.1 Å². The molecule has 1 aliphatic rings. The molecule has 0 bridgehead atoms. The molecule has 1 saturated heterocycles. The van der Waals surface area contributed by atoms with Crippen molar-refractivity contribution in [3.05, 3.63) is 54.3 Å². The van der Waals surface area contributed by atoms with Gasteiger partial charge in [-0.1, -0.05) is 6.07 Å². The Morgan fingerprint density at radius 1 is 1.33 bits per heavy atom. The van der Waals surface area contributed by atoms with Crippen molar-refractivity contribution in [2.24, 2.45) is 7.05 Å². The zero-order chi connectivity index (χ0) is 18.8. The number of hydrogen-bond acceptors (Lipinski definition) is 6. The second-order valence-electron chi connectivity index (χ2n) is 6.74. The first kappa shape index (κ1) is 17.2. The summed E-state index contributed by atoms with van der Waals surface area (Å²) in [4.78, 5) is 21.7. The van der Waals surface area contributed by atoms with Crippen LogP contribution in [0.25, 0.3) is 0 Å². The van der Waals surface area contributed by atoms with Crippen molar-refractivity contribution in [3.8, 4) is 0 Å². The van der Waals surface area contributed by atoms with Gasteiger partial charge in [-0.05, 0) is 25.0 Å². The Hall–Kier alpha value is -3.23. The second-order valence-corrected chi connectivity index (χ2v) is 6.74. The van der Waals surface area contributed by atoms with Crippen LogP contribution in [0.5, 0.6) is 0 Å². The highest BCUT2D eigenvalue weighted by Crippen LogP contribution is 2.28. The number of aromatic nitrogens is 6. The van der Waals surface area contributed by atoms with E-state index in [1.807, 2.05) is 23.9 Å². The smallest absolute Gasteiger partial charge is 0.354 e. The number of nitrogens with zero attached hydrogens (tertiary/aromatic N) is 7. The molecule has 0 unspecified atom stereocenters. The Morgan fingerprint density at radius 3 is 3.00 bits per heavy atom. The fourth-order valence-electron chi connectivity index (χ4n) is 3.53. The Balaban J connectivity index is 1.52. The summed E-state index contributed by atoms with van der Waals surface area (Å²) in [6, 6.07) is 5.11. The SMILES string of the molecule is Cn1c(Cn2ccnc2)nnc1[C@@H]1CCCN(c2cccc(C(=O)O)n2)C1. The summed E-state index contributed by atoms with van der Waals surface area (Å²) in [7, 11) is 1.99. The van der Waals surface area contributed by atoms with Crippen molar-refractivity contribution in [2.75, 3.05) is 18.0 Å². The lowest BCUT2D eigenvalue weighted by molar-refractivity contribution is 0.0690. The van der Waals surface area contributed by atoms with Crippen LogP contribution in [0.1, 0.15) is 40.9 Å². The van der Waals surface area contributed by atoms with Crippen molar-refractivity contribution in [2.45, 2.75) is 25.3 Å². The van der Waals surface area contributed by atoms with Gasteiger partial charge in [-0.25, -0.2) is 14.8 Å². The summed E-state index contributed by atoms with van der Waals surface area (Å²) in [5.41, 5.74) is 0.0656. The zero-order valence-corrected chi connectivity index (χ0v) is 15.1. The van der Waals surface area contributed by atoms with Crippen LogP contribution in [-0.2, 0) is 13.6 Å². The summed E-state index contributed by atoms with van der Waals surface area (Å²) in [6.45, 7) is 2.22. The molecule has 0 amide bonds. The molecule has 1 atom stereocenters. The van der Waals surface area contributed by atoms with E-state index in [1.54, 1.807) is 18.6 Å². The predicted octanol–water partition coefficient (Wildman–Crippen LogP) is 1.54. The molecule has 9 heteroatoms. The molecular weight excluding hydrogens is 346 g/mol. The lowest BCUT2D eigenvalue weighted by Crippen LogP contribution is -2.36. The van der Waals surface area contributed by atoms with Gasteiger partial charge in [0.25, 0.3) is 0 Å². The van der Waals surface area contributed by atoms with Gasteiger partial charge in [-0.15, -0.1) is 10.2 Å². The molecule has 4 rings (SSSR count). The van der Waals surface area contributed by atoms with Crippen LogP contribution in [0, 0.1) is 0 Å². The molecule has 0 aromatic carbocycles. The van der Waals surface area contributed by atoms with Crippen molar-refractivity contribution in [3.63, 3.8) is 0 Å². The number of hydrogen-bond donors (Lipinski definition) is 1. The third-order valence-corrected chi connectivity index (χ3v) is 4.95. The van der Waals surface area contributed by atoms with Crippen LogP contribution in [0.15, 0.2) is 36.9 Å². The minimum atomic E-state index is -1.01. The first-order valence-corrected chi connectivity index (χ1v) is 8.91. The maximum Gasteiger partial charge on any atom is 0.354 e. The molecule has 0 radical (unpaired) electrons. The maximum absolute atomic E-state index is 11.2. The summed E-state index contributed by atoms with van der Waals surface area (Å²) >= 11 is 0. The van der Waals surface area contributed by atoms with Crippen LogP contribution >= 0.6 is 0 Å². The van der Waals surface area contributed by atoms with Crippen LogP contribution in [0.2, 0.25) is 0 Å². The number of carboxylic acid groups (broad SMARTS) is 1. The van der Waals surface area contributed by atoms with E-state index in [0.29, 0.717) is 12.4 Å². The van der Waals surface area contributed by atoms with E-state index in [9.17, 15) is 9.90 Å². The molecule has 0 spiro atoms. The Bertz CT molecular complexity index is 935. The summed E-state index contributed by atoms with van der Waals surface area (Å²) in [5, 5.41) is 18.0. The standard InChI is InChI=1S/C18H21N7O2/c1-23-16(11-24-9-7-19-12-24)21-22-17(23)13-4-3-8-25(10-13)15-6-2-5-14(20-15)18(26)27/h2,5-7,9,12-13H,3-4,8,10-11H2,1H3,(H,26,27)/t13-/m1/s1. The van der Waals surface area contributed by atoms with Gasteiger partial charge in [0.15, 0.2) is 11.5 Å². The highest BCUT2D eigenvalue weighted by Gasteiger charge is 2.27. The van der Waals surface area contributed by atoms with Crippen LogP contribution in [0.3, 0.4) is 0 Å². The molecule has 3 aromatic heterocycles. The summed E-state index contributed by atoms with van der Waals surface area (Å²) in [6.07, 6.45) is 7.42. The first-order valence-electron chi connectivity index (χ1n) is 8.91. The van der Waals surface area contributed by atoms with E-state index in [4.69, 9.17) is 0 Å². The minimum Gasteiger partial charge on any atom is -0.477 e. The van der Waals surface area contributed by atoms with Gasteiger partial charge in [0.2, 0.25) is 0 Å². The van der Waals surface area contributed by atoms with E-state index in [-0.39, 0.29) is 11.6 Å². The van der Waals surface area contributed by atoms with Crippen molar-refractivity contribution < 1.29 is 9.90 Å². The Morgan fingerprint density at radius 2 is 2.22 bits per heavy atom. The molecule has 27 heavy (non-hydrogen) atoms. The fraction of sp³-hybridized carbons (Fsp3) is 0.389. The van der Waals surface area contributed by atoms with E-state index >= 15 is 0 Å². The molecule has 9 nitrogen and oxygen atoms in total. The molecule has 0 aliphatic carbocycles. The largest absolute Gasteiger partial charge is 0.477 e. The molecule has 1 fully saturated rings. The highest BCUT2D eigenvalue weighted by atomic mass is 16.4. The molecule has 140 valence electrons. The summed E-state index contributed by atoms with van der Waals surface area (Å²) in [5.74, 6) is 1.74. The van der Waals surface area contributed by atoms with E-state index in [1.165, 1.54) is 6.07 Å². The molecule has 3 aromatic rings. The average Bonchev–Trinajstić information content (AvgIpc) is 3.33. The number of carbonyl (C=O) groups is 1. The second kappa shape index (κ2) is 7.18. The number of carboxylic acids is 1. The van der Waals surface area contributed by atoms with Gasteiger partial charge in [-0.2, -0.15) is 0 Å². The van der Waals surface area contributed by atoms with E-state index in [2.05, 4.69) is 29.6 Å². The lowest BCUT2D eigenvalue weighted by atomic mass is 9.97. The van der Waals surface area contributed by atoms with Crippen molar-refractivity contribution in [1.82, 2.24) is 29.3 Å². The normalized spacial score (nSPS) is 17.2.